The second-order valence-corrected chi connectivity index (χ2v) is 2.91. The minimum Gasteiger partial charge on any atom is -0.481 e. The molecule has 5 heteroatoms. The highest BCUT2D eigenvalue weighted by molar-refractivity contribution is 5.74. The SMILES string of the molecule is COc1ccc([C@H](N)CC(N)=O)cn1. The van der Waals surface area contributed by atoms with Gasteiger partial charge in [0.05, 0.1) is 7.11 Å². The van der Waals surface area contributed by atoms with Crippen molar-refractivity contribution >= 4 is 5.91 Å². The Balaban J connectivity index is 2.71. The zero-order valence-corrected chi connectivity index (χ0v) is 7.93. The van der Waals surface area contributed by atoms with E-state index in [-0.39, 0.29) is 6.42 Å². The Hall–Kier alpha value is -1.62. The summed E-state index contributed by atoms with van der Waals surface area (Å²) < 4.78 is 4.89. The van der Waals surface area contributed by atoms with Crippen LogP contribution in [0.3, 0.4) is 0 Å². The van der Waals surface area contributed by atoms with E-state index < -0.39 is 11.9 Å². The van der Waals surface area contributed by atoms with Gasteiger partial charge in [0.25, 0.3) is 0 Å². The molecule has 1 heterocycles. The quantitative estimate of drug-likeness (QED) is 0.705. The highest BCUT2D eigenvalue weighted by Crippen LogP contribution is 2.14. The number of pyridine rings is 1. The molecule has 0 saturated carbocycles. The van der Waals surface area contributed by atoms with E-state index in [0.29, 0.717) is 5.88 Å². The number of rotatable bonds is 4. The molecule has 0 unspecified atom stereocenters. The number of hydrogen-bond donors (Lipinski definition) is 2. The van der Waals surface area contributed by atoms with E-state index >= 15 is 0 Å². The number of primary amides is 1. The molecule has 14 heavy (non-hydrogen) atoms. The first-order valence-electron chi connectivity index (χ1n) is 4.17. The Bertz CT molecular complexity index is 310. The molecule has 0 aliphatic rings. The van der Waals surface area contributed by atoms with Crippen LogP contribution in [-0.4, -0.2) is 18.0 Å². The molecule has 0 spiro atoms. The smallest absolute Gasteiger partial charge is 0.219 e. The Morgan fingerprint density at radius 1 is 1.64 bits per heavy atom. The third kappa shape index (κ3) is 2.70. The zero-order valence-electron chi connectivity index (χ0n) is 7.93. The van der Waals surface area contributed by atoms with E-state index in [1.807, 2.05) is 0 Å². The van der Waals surface area contributed by atoms with Gasteiger partial charge >= 0.3 is 0 Å². The van der Waals surface area contributed by atoms with Gasteiger partial charge in [-0.1, -0.05) is 6.07 Å². The van der Waals surface area contributed by atoms with Gasteiger partial charge in [0, 0.05) is 24.7 Å². The average Bonchev–Trinajstić information content (AvgIpc) is 2.17. The van der Waals surface area contributed by atoms with E-state index in [1.54, 1.807) is 18.3 Å². The molecule has 0 radical (unpaired) electrons. The minimum absolute atomic E-state index is 0.119. The summed E-state index contributed by atoms with van der Waals surface area (Å²) in [6, 6.07) is 3.06. The summed E-state index contributed by atoms with van der Waals surface area (Å²) in [6.07, 6.45) is 1.69. The van der Waals surface area contributed by atoms with Crippen LogP contribution >= 0.6 is 0 Å². The predicted molar refractivity (Wildman–Crippen MR) is 51.5 cm³/mol. The molecular formula is C9H13N3O2. The molecule has 1 aromatic heterocycles. The number of hydrogen-bond acceptors (Lipinski definition) is 4. The number of nitrogens with zero attached hydrogens (tertiary/aromatic N) is 1. The Kier molecular flexibility index (Phi) is 3.41. The molecule has 76 valence electrons. The van der Waals surface area contributed by atoms with Crippen molar-refractivity contribution < 1.29 is 9.53 Å². The van der Waals surface area contributed by atoms with E-state index in [4.69, 9.17) is 16.2 Å². The van der Waals surface area contributed by atoms with Gasteiger partial charge < -0.3 is 16.2 Å². The van der Waals surface area contributed by atoms with Crippen molar-refractivity contribution in [2.45, 2.75) is 12.5 Å². The molecule has 1 rings (SSSR count). The number of aromatic nitrogens is 1. The maximum absolute atomic E-state index is 10.6. The second kappa shape index (κ2) is 4.57. The number of carbonyl (C=O) groups excluding carboxylic acids is 1. The second-order valence-electron chi connectivity index (χ2n) is 2.91. The molecule has 1 atom stereocenters. The van der Waals surface area contributed by atoms with Gasteiger partial charge in [0.15, 0.2) is 0 Å². The van der Waals surface area contributed by atoms with E-state index in [1.165, 1.54) is 7.11 Å². The lowest BCUT2D eigenvalue weighted by Gasteiger charge is -2.09. The van der Waals surface area contributed by atoms with Gasteiger partial charge in [-0.2, -0.15) is 0 Å². The summed E-state index contributed by atoms with van der Waals surface area (Å²) in [6.45, 7) is 0. The van der Waals surface area contributed by atoms with Crippen LogP contribution in [0.15, 0.2) is 18.3 Å². The van der Waals surface area contributed by atoms with Crippen molar-refractivity contribution in [3.05, 3.63) is 23.9 Å². The van der Waals surface area contributed by atoms with E-state index in [0.717, 1.165) is 5.56 Å². The summed E-state index contributed by atoms with van der Waals surface area (Å²) in [7, 11) is 1.53. The topological polar surface area (TPSA) is 91.2 Å². The zero-order chi connectivity index (χ0) is 10.6. The number of nitrogens with two attached hydrogens (primary N) is 2. The molecule has 4 N–H and O–H groups in total. The van der Waals surface area contributed by atoms with E-state index in [2.05, 4.69) is 4.98 Å². The fourth-order valence-electron chi connectivity index (χ4n) is 1.07. The lowest BCUT2D eigenvalue weighted by atomic mass is 10.1. The molecule has 1 amide bonds. The van der Waals surface area contributed by atoms with Crippen LogP contribution in [0.1, 0.15) is 18.0 Å². The molecule has 0 aromatic carbocycles. The molecule has 0 fully saturated rings. The Labute approximate surface area is 82.1 Å². The van der Waals surface area contributed by atoms with Gasteiger partial charge in [0.2, 0.25) is 11.8 Å². The van der Waals surface area contributed by atoms with Crippen LogP contribution in [-0.2, 0) is 4.79 Å². The predicted octanol–water partition coefficient (Wildman–Crippen LogP) is -0.0346. The van der Waals surface area contributed by atoms with Crippen LogP contribution in [0.25, 0.3) is 0 Å². The Morgan fingerprint density at radius 3 is 2.79 bits per heavy atom. The van der Waals surface area contributed by atoms with Gasteiger partial charge in [-0.3, -0.25) is 4.79 Å². The normalized spacial score (nSPS) is 12.1. The van der Waals surface area contributed by atoms with Crippen molar-refractivity contribution in [3.63, 3.8) is 0 Å². The average molecular weight is 195 g/mol. The van der Waals surface area contributed by atoms with Gasteiger partial charge in [-0.15, -0.1) is 0 Å². The maximum atomic E-state index is 10.6. The van der Waals surface area contributed by atoms with Crippen molar-refractivity contribution in [1.82, 2.24) is 4.98 Å². The van der Waals surface area contributed by atoms with Crippen LogP contribution in [0.5, 0.6) is 5.88 Å². The summed E-state index contributed by atoms with van der Waals surface area (Å²) in [4.78, 5) is 14.6. The molecule has 0 aliphatic carbocycles. The molecule has 0 saturated heterocycles. The summed E-state index contributed by atoms with van der Waals surface area (Å²) in [5.74, 6) is 0.0911. The van der Waals surface area contributed by atoms with E-state index in [9.17, 15) is 4.79 Å². The number of methoxy groups -OCH3 is 1. The third-order valence-electron chi connectivity index (χ3n) is 1.82. The molecule has 1 aromatic rings. The fraction of sp³-hybridized carbons (Fsp3) is 0.333. The van der Waals surface area contributed by atoms with Crippen molar-refractivity contribution in [1.29, 1.82) is 0 Å². The van der Waals surface area contributed by atoms with Crippen molar-refractivity contribution in [2.75, 3.05) is 7.11 Å². The molecule has 0 bridgehead atoms. The van der Waals surface area contributed by atoms with Crippen molar-refractivity contribution in [3.8, 4) is 5.88 Å². The molecule has 0 aliphatic heterocycles. The van der Waals surface area contributed by atoms with Crippen LogP contribution in [0, 0.1) is 0 Å². The highest BCUT2D eigenvalue weighted by atomic mass is 16.5. The number of amides is 1. The highest BCUT2D eigenvalue weighted by Gasteiger charge is 2.09. The Morgan fingerprint density at radius 2 is 2.36 bits per heavy atom. The molecule has 5 nitrogen and oxygen atoms in total. The number of ether oxygens (including phenoxy) is 1. The monoisotopic (exact) mass is 195 g/mol. The van der Waals surface area contributed by atoms with Gasteiger partial charge in [-0.25, -0.2) is 4.98 Å². The maximum Gasteiger partial charge on any atom is 0.219 e. The van der Waals surface area contributed by atoms with Crippen LogP contribution in [0.2, 0.25) is 0 Å². The van der Waals surface area contributed by atoms with Crippen LogP contribution in [0.4, 0.5) is 0 Å². The number of carbonyl (C=O) groups is 1. The van der Waals surface area contributed by atoms with Crippen LogP contribution < -0.4 is 16.2 Å². The fourth-order valence-corrected chi connectivity index (χ4v) is 1.07. The first-order valence-corrected chi connectivity index (χ1v) is 4.17. The minimum atomic E-state index is -0.423. The summed E-state index contributed by atoms with van der Waals surface area (Å²) >= 11 is 0. The lowest BCUT2D eigenvalue weighted by molar-refractivity contribution is -0.118. The standard InChI is InChI=1S/C9H13N3O2/c1-14-9-3-2-6(5-12-9)7(10)4-8(11)13/h2-3,5,7H,4,10H2,1H3,(H2,11,13)/t7-/m1/s1. The summed E-state index contributed by atoms with van der Waals surface area (Å²) in [5, 5.41) is 0. The third-order valence-corrected chi connectivity index (χ3v) is 1.82. The largest absolute Gasteiger partial charge is 0.481 e. The molecular weight excluding hydrogens is 182 g/mol. The van der Waals surface area contributed by atoms with Crippen molar-refractivity contribution in [2.24, 2.45) is 11.5 Å². The van der Waals surface area contributed by atoms with Gasteiger partial charge in [0.1, 0.15) is 0 Å². The van der Waals surface area contributed by atoms with Gasteiger partial charge in [-0.05, 0) is 5.56 Å². The summed E-state index contributed by atoms with van der Waals surface area (Å²) in [5.41, 5.74) is 11.5. The lowest BCUT2D eigenvalue weighted by Crippen LogP contribution is -2.20. The first-order chi connectivity index (χ1) is 6.63. The first kappa shape index (κ1) is 10.5.